The van der Waals surface area contributed by atoms with Crippen LogP contribution in [-0.4, -0.2) is 13.7 Å². The van der Waals surface area contributed by atoms with Gasteiger partial charge in [0.1, 0.15) is 11.9 Å². The summed E-state index contributed by atoms with van der Waals surface area (Å²) in [4.78, 5) is 0. The van der Waals surface area contributed by atoms with Gasteiger partial charge in [0.25, 0.3) is 0 Å². The first kappa shape index (κ1) is 15.5. The van der Waals surface area contributed by atoms with E-state index in [9.17, 15) is 0 Å². The molecule has 2 aromatic carbocycles. The average Bonchev–Trinajstić information content (AvgIpc) is 2.54. The second-order valence-electron chi connectivity index (χ2n) is 4.72. The summed E-state index contributed by atoms with van der Waals surface area (Å²) in [7, 11) is 1.69. The maximum atomic E-state index is 5.77. The van der Waals surface area contributed by atoms with Crippen LogP contribution in [0.2, 0.25) is 0 Å². The van der Waals surface area contributed by atoms with Crippen molar-refractivity contribution in [3.63, 3.8) is 0 Å². The van der Waals surface area contributed by atoms with Gasteiger partial charge in [0.05, 0.1) is 12.6 Å². The normalized spacial score (nSPS) is 13.7. The van der Waals surface area contributed by atoms with E-state index in [1.54, 1.807) is 7.11 Å². The maximum Gasteiger partial charge on any atom is 0.119 e. The van der Waals surface area contributed by atoms with Crippen LogP contribution in [0.4, 0.5) is 0 Å². The van der Waals surface area contributed by atoms with Gasteiger partial charge in [-0.25, -0.2) is 5.43 Å². The van der Waals surface area contributed by atoms with E-state index in [0.717, 1.165) is 16.9 Å². The summed E-state index contributed by atoms with van der Waals surface area (Å²) in [5.41, 5.74) is 4.96. The highest BCUT2D eigenvalue weighted by Gasteiger charge is 2.23. The molecule has 0 aliphatic carbocycles. The number of nitrogens with one attached hydrogen (secondary N) is 1. The number of benzene rings is 2. The van der Waals surface area contributed by atoms with Crippen molar-refractivity contribution in [1.29, 1.82) is 0 Å². The lowest BCUT2D eigenvalue weighted by molar-refractivity contribution is 0.0675. The quantitative estimate of drug-likeness (QED) is 0.607. The Labute approximate surface area is 125 Å². The summed E-state index contributed by atoms with van der Waals surface area (Å²) >= 11 is 0. The maximum absolute atomic E-state index is 5.77. The third kappa shape index (κ3) is 3.82. The third-order valence-electron chi connectivity index (χ3n) is 3.39. The highest BCUT2D eigenvalue weighted by atomic mass is 16.5. The Hall–Kier alpha value is -1.88. The van der Waals surface area contributed by atoms with Crippen molar-refractivity contribution in [3.8, 4) is 5.75 Å². The third-order valence-corrected chi connectivity index (χ3v) is 3.39. The molecule has 0 radical (unpaired) electrons. The first-order chi connectivity index (χ1) is 10.3. The lowest BCUT2D eigenvalue weighted by atomic mass is 9.96. The zero-order chi connectivity index (χ0) is 15.1. The number of hydrogen-bond acceptors (Lipinski definition) is 4. The van der Waals surface area contributed by atoms with E-state index in [4.69, 9.17) is 15.3 Å². The number of hydrogen-bond donors (Lipinski definition) is 2. The van der Waals surface area contributed by atoms with E-state index in [1.165, 1.54) is 0 Å². The molecule has 2 aromatic rings. The molecule has 0 spiro atoms. The highest BCUT2D eigenvalue weighted by molar-refractivity contribution is 5.33. The van der Waals surface area contributed by atoms with Crippen LogP contribution in [0.25, 0.3) is 0 Å². The minimum Gasteiger partial charge on any atom is -0.494 e. The SMILES string of the molecule is CCOc1cccc(C(NN)C(OC)c2ccccc2)c1. The minimum absolute atomic E-state index is 0.155. The smallest absolute Gasteiger partial charge is 0.119 e. The molecule has 2 rings (SSSR count). The van der Waals surface area contributed by atoms with Crippen molar-refractivity contribution < 1.29 is 9.47 Å². The van der Waals surface area contributed by atoms with Gasteiger partial charge >= 0.3 is 0 Å². The zero-order valence-corrected chi connectivity index (χ0v) is 12.5. The first-order valence-corrected chi connectivity index (χ1v) is 7.06. The summed E-state index contributed by atoms with van der Waals surface area (Å²) in [6, 6.07) is 17.8. The summed E-state index contributed by atoms with van der Waals surface area (Å²) in [6.45, 7) is 2.60. The van der Waals surface area contributed by atoms with E-state index < -0.39 is 0 Å². The van der Waals surface area contributed by atoms with E-state index in [-0.39, 0.29) is 12.1 Å². The lowest BCUT2D eigenvalue weighted by Crippen LogP contribution is -2.33. The molecule has 0 bridgehead atoms. The monoisotopic (exact) mass is 286 g/mol. The number of nitrogens with two attached hydrogens (primary N) is 1. The molecule has 0 heterocycles. The van der Waals surface area contributed by atoms with Crippen LogP contribution in [0.15, 0.2) is 54.6 Å². The minimum atomic E-state index is -0.173. The van der Waals surface area contributed by atoms with Crippen molar-refractivity contribution in [2.75, 3.05) is 13.7 Å². The van der Waals surface area contributed by atoms with Crippen LogP contribution in [0.1, 0.15) is 30.2 Å². The van der Waals surface area contributed by atoms with Crippen molar-refractivity contribution >= 4 is 0 Å². The molecule has 4 nitrogen and oxygen atoms in total. The van der Waals surface area contributed by atoms with Crippen molar-refractivity contribution in [1.82, 2.24) is 5.43 Å². The summed E-state index contributed by atoms with van der Waals surface area (Å²) < 4.78 is 11.2. The number of hydrazine groups is 1. The van der Waals surface area contributed by atoms with Crippen LogP contribution in [0.5, 0.6) is 5.75 Å². The van der Waals surface area contributed by atoms with Crippen molar-refractivity contribution in [2.45, 2.75) is 19.1 Å². The first-order valence-electron chi connectivity index (χ1n) is 7.06. The Kier molecular flexibility index (Phi) is 5.75. The molecule has 0 saturated heterocycles. The van der Waals surface area contributed by atoms with Gasteiger partial charge in [0.15, 0.2) is 0 Å². The standard InChI is InChI=1S/C17H22N2O2/c1-3-21-15-11-7-10-14(12-15)16(19-18)17(20-2)13-8-5-4-6-9-13/h4-12,16-17,19H,3,18H2,1-2H3. The van der Waals surface area contributed by atoms with Gasteiger partial charge in [-0.05, 0) is 30.2 Å². The Morgan fingerprint density at radius 2 is 1.76 bits per heavy atom. The Morgan fingerprint density at radius 1 is 1.05 bits per heavy atom. The van der Waals surface area contributed by atoms with E-state index in [2.05, 4.69) is 5.43 Å². The molecule has 3 N–H and O–H groups in total. The Balaban J connectivity index is 2.31. The fourth-order valence-electron chi connectivity index (χ4n) is 2.43. The molecule has 4 heteroatoms. The van der Waals surface area contributed by atoms with Crippen LogP contribution in [0, 0.1) is 0 Å². The van der Waals surface area contributed by atoms with Gasteiger partial charge in [-0.3, -0.25) is 5.84 Å². The Morgan fingerprint density at radius 3 is 2.38 bits per heavy atom. The number of rotatable bonds is 7. The predicted octanol–water partition coefficient (Wildman–Crippen LogP) is 2.98. The topological polar surface area (TPSA) is 56.5 Å². The second kappa shape index (κ2) is 7.78. The van der Waals surface area contributed by atoms with Crippen LogP contribution >= 0.6 is 0 Å². The van der Waals surface area contributed by atoms with Crippen molar-refractivity contribution in [3.05, 3.63) is 65.7 Å². The number of ether oxygens (including phenoxy) is 2. The molecule has 0 amide bonds. The van der Waals surface area contributed by atoms with E-state index >= 15 is 0 Å². The van der Waals surface area contributed by atoms with Gasteiger partial charge in [-0.1, -0.05) is 42.5 Å². The predicted molar refractivity (Wildman–Crippen MR) is 83.9 cm³/mol. The van der Waals surface area contributed by atoms with Crippen LogP contribution in [-0.2, 0) is 4.74 Å². The van der Waals surface area contributed by atoms with Gasteiger partial charge in [-0.15, -0.1) is 0 Å². The second-order valence-corrected chi connectivity index (χ2v) is 4.72. The Bertz CT molecular complexity index is 545. The molecule has 0 aliphatic heterocycles. The molecule has 0 saturated carbocycles. The van der Waals surface area contributed by atoms with Gasteiger partial charge < -0.3 is 9.47 Å². The fraction of sp³-hybridized carbons (Fsp3) is 0.294. The van der Waals surface area contributed by atoms with Gasteiger partial charge in [-0.2, -0.15) is 0 Å². The fourth-order valence-corrected chi connectivity index (χ4v) is 2.43. The number of methoxy groups -OCH3 is 1. The summed E-state index contributed by atoms with van der Waals surface area (Å²) in [6.07, 6.45) is -0.173. The van der Waals surface area contributed by atoms with Gasteiger partial charge in [0, 0.05) is 7.11 Å². The molecule has 0 fully saturated rings. The van der Waals surface area contributed by atoms with E-state index in [0.29, 0.717) is 6.61 Å². The molecule has 0 aromatic heterocycles. The highest BCUT2D eigenvalue weighted by Crippen LogP contribution is 2.32. The molecule has 2 atom stereocenters. The van der Waals surface area contributed by atoms with Crippen LogP contribution in [0.3, 0.4) is 0 Å². The lowest BCUT2D eigenvalue weighted by Gasteiger charge is -2.26. The molecule has 21 heavy (non-hydrogen) atoms. The average molecular weight is 286 g/mol. The molecule has 112 valence electrons. The molecular formula is C17H22N2O2. The summed E-state index contributed by atoms with van der Waals surface area (Å²) in [5, 5.41) is 0. The molecule has 0 aliphatic rings. The molecule has 2 unspecified atom stereocenters. The van der Waals surface area contributed by atoms with E-state index in [1.807, 2.05) is 61.5 Å². The molecular weight excluding hydrogens is 264 g/mol. The van der Waals surface area contributed by atoms with Crippen LogP contribution < -0.4 is 16.0 Å². The van der Waals surface area contributed by atoms with Gasteiger partial charge in [0.2, 0.25) is 0 Å². The van der Waals surface area contributed by atoms with Crippen molar-refractivity contribution in [2.24, 2.45) is 5.84 Å². The largest absolute Gasteiger partial charge is 0.494 e. The zero-order valence-electron chi connectivity index (χ0n) is 12.5. The summed E-state index contributed by atoms with van der Waals surface area (Å²) in [5.74, 6) is 6.60.